The smallest absolute Gasteiger partial charge is 0.123 e. The molecule has 2 aromatic rings. The van der Waals surface area contributed by atoms with Crippen molar-refractivity contribution >= 4 is 11.3 Å². The highest BCUT2D eigenvalue weighted by atomic mass is 32.1. The Kier molecular flexibility index (Phi) is 4.15. The van der Waals surface area contributed by atoms with Crippen molar-refractivity contribution < 1.29 is 4.39 Å². The Balaban J connectivity index is 2.19. The summed E-state index contributed by atoms with van der Waals surface area (Å²) in [5.74, 6) is -0.178. The van der Waals surface area contributed by atoms with E-state index in [0.29, 0.717) is 6.04 Å². The summed E-state index contributed by atoms with van der Waals surface area (Å²) in [6.07, 6.45) is 0.886. The third kappa shape index (κ3) is 2.98. The standard InChI is InChI=1S/C15H18FNS/c1-10-8-11(2)18-15(10)14(17-3)9-12-4-6-13(16)7-5-12/h4-8,14,17H,9H2,1-3H3. The second kappa shape index (κ2) is 5.63. The van der Waals surface area contributed by atoms with E-state index < -0.39 is 0 Å². The van der Waals surface area contributed by atoms with Crippen molar-refractivity contribution in [3.63, 3.8) is 0 Å². The SMILES string of the molecule is CNC(Cc1ccc(F)cc1)c1sc(C)cc1C. The van der Waals surface area contributed by atoms with Gasteiger partial charge in [-0.05, 0) is 56.6 Å². The predicted octanol–water partition coefficient (Wildman–Crippen LogP) is 4.01. The Bertz CT molecular complexity index is 516. The van der Waals surface area contributed by atoms with E-state index in [0.717, 1.165) is 12.0 Å². The molecule has 1 aromatic heterocycles. The highest BCUT2D eigenvalue weighted by Gasteiger charge is 2.15. The third-order valence-corrected chi connectivity index (χ3v) is 4.36. The Morgan fingerprint density at radius 3 is 2.39 bits per heavy atom. The lowest BCUT2D eigenvalue weighted by Crippen LogP contribution is -2.18. The number of hydrogen-bond acceptors (Lipinski definition) is 2. The molecule has 0 saturated heterocycles. The maximum atomic E-state index is 12.9. The van der Waals surface area contributed by atoms with E-state index in [2.05, 4.69) is 25.2 Å². The molecule has 0 amide bonds. The minimum absolute atomic E-state index is 0.178. The summed E-state index contributed by atoms with van der Waals surface area (Å²) < 4.78 is 12.9. The fourth-order valence-corrected chi connectivity index (χ4v) is 3.33. The number of aryl methyl sites for hydroxylation is 2. The highest BCUT2D eigenvalue weighted by Crippen LogP contribution is 2.29. The third-order valence-electron chi connectivity index (χ3n) is 3.10. The van der Waals surface area contributed by atoms with Gasteiger partial charge in [-0.3, -0.25) is 0 Å². The molecule has 0 radical (unpaired) electrons. The molecular formula is C15H18FNS. The summed E-state index contributed by atoms with van der Waals surface area (Å²) >= 11 is 1.83. The molecule has 96 valence electrons. The number of likely N-dealkylation sites (N-methyl/N-ethyl adjacent to an activating group) is 1. The van der Waals surface area contributed by atoms with Crippen LogP contribution in [0.1, 0.15) is 26.9 Å². The van der Waals surface area contributed by atoms with Crippen molar-refractivity contribution in [2.24, 2.45) is 0 Å². The van der Waals surface area contributed by atoms with Crippen LogP contribution in [0.25, 0.3) is 0 Å². The van der Waals surface area contributed by atoms with Crippen LogP contribution in [0.3, 0.4) is 0 Å². The van der Waals surface area contributed by atoms with Crippen LogP contribution in [0.5, 0.6) is 0 Å². The Morgan fingerprint density at radius 1 is 1.22 bits per heavy atom. The molecule has 0 aliphatic heterocycles. The van der Waals surface area contributed by atoms with Gasteiger partial charge in [0, 0.05) is 15.8 Å². The second-order valence-corrected chi connectivity index (χ2v) is 5.86. The van der Waals surface area contributed by atoms with Gasteiger partial charge in [0.25, 0.3) is 0 Å². The van der Waals surface area contributed by atoms with Gasteiger partial charge in [-0.15, -0.1) is 11.3 Å². The van der Waals surface area contributed by atoms with Crippen LogP contribution in [0.4, 0.5) is 4.39 Å². The molecule has 2 rings (SSSR count). The molecule has 1 unspecified atom stereocenters. The van der Waals surface area contributed by atoms with Crippen molar-refractivity contribution in [1.29, 1.82) is 0 Å². The van der Waals surface area contributed by atoms with Gasteiger partial charge in [-0.1, -0.05) is 12.1 Å². The van der Waals surface area contributed by atoms with Gasteiger partial charge in [-0.2, -0.15) is 0 Å². The first-order valence-corrected chi connectivity index (χ1v) is 6.90. The molecule has 1 heterocycles. The lowest BCUT2D eigenvalue weighted by atomic mass is 10.0. The number of halogens is 1. The van der Waals surface area contributed by atoms with Gasteiger partial charge in [0.15, 0.2) is 0 Å². The van der Waals surface area contributed by atoms with Crippen LogP contribution >= 0.6 is 11.3 Å². The first-order chi connectivity index (χ1) is 8.60. The largest absolute Gasteiger partial charge is 0.312 e. The van der Waals surface area contributed by atoms with Crippen LogP contribution in [0.2, 0.25) is 0 Å². The Morgan fingerprint density at radius 2 is 1.89 bits per heavy atom. The first-order valence-electron chi connectivity index (χ1n) is 6.09. The Labute approximate surface area is 112 Å². The quantitative estimate of drug-likeness (QED) is 0.879. The number of nitrogens with one attached hydrogen (secondary N) is 1. The average Bonchev–Trinajstić information content (AvgIpc) is 2.68. The number of benzene rings is 1. The monoisotopic (exact) mass is 263 g/mol. The van der Waals surface area contributed by atoms with Gasteiger partial charge in [0.05, 0.1) is 0 Å². The molecule has 1 aromatic carbocycles. The zero-order chi connectivity index (χ0) is 13.1. The van der Waals surface area contributed by atoms with Crippen LogP contribution < -0.4 is 5.32 Å². The maximum absolute atomic E-state index is 12.9. The number of hydrogen-bond donors (Lipinski definition) is 1. The molecule has 1 N–H and O–H groups in total. The number of rotatable bonds is 4. The van der Waals surface area contributed by atoms with Crippen molar-refractivity contribution in [2.75, 3.05) is 7.05 Å². The van der Waals surface area contributed by atoms with Crippen molar-refractivity contribution in [2.45, 2.75) is 26.3 Å². The van der Waals surface area contributed by atoms with E-state index in [1.54, 1.807) is 0 Å². The molecule has 0 fully saturated rings. The lowest BCUT2D eigenvalue weighted by molar-refractivity contribution is 0.595. The van der Waals surface area contributed by atoms with E-state index in [4.69, 9.17) is 0 Å². The summed E-state index contributed by atoms with van der Waals surface area (Å²) in [4.78, 5) is 2.71. The summed E-state index contributed by atoms with van der Waals surface area (Å²) in [5.41, 5.74) is 2.49. The first kappa shape index (κ1) is 13.2. The minimum Gasteiger partial charge on any atom is -0.312 e. The van der Waals surface area contributed by atoms with Crippen molar-refractivity contribution in [1.82, 2.24) is 5.32 Å². The molecule has 3 heteroatoms. The van der Waals surface area contributed by atoms with E-state index in [-0.39, 0.29) is 5.82 Å². The molecule has 18 heavy (non-hydrogen) atoms. The van der Waals surface area contributed by atoms with Gasteiger partial charge in [-0.25, -0.2) is 4.39 Å². The topological polar surface area (TPSA) is 12.0 Å². The van der Waals surface area contributed by atoms with E-state index >= 15 is 0 Å². The predicted molar refractivity (Wildman–Crippen MR) is 75.7 cm³/mol. The maximum Gasteiger partial charge on any atom is 0.123 e. The Hall–Kier alpha value is -1.19. The minimum atomic E-state index is -0.178. The second-order valence-electron chi connectivity index (χ2n) is 4.58. The van der Waals surface area contributed by atoms with Gasteiger partial charge >= 0.3 is 0 Å². The fraction of sp³-hybridized carbons (Fsp3) is 0.333. The molecule has 1 nitrogen and oxygen atoms in total. The van der Waals surface area contributed by atoms with Crippen LogP contribution in [0.15, 0.2) is 30.3 Å². The van der Waals surface area contributed by atoms with E-state index in [1.165, 1.54) is 27.5 Å². The normalized spacial score (nSPS) is 12.7. The molecule has 0 spiro atoms. The van der Waals surface area contributed by atoms with Crippen LogP contribution in [-0.2, 0) is 6.42 Å². The fourth-order valence-electron chi connectivity index (χ4n) is 2.19. The average molecular weight is 263 g/mol. The van der Waals surface area contributed by atoms with Gasteiger partial charge < -0.3 is 5.32 Å². The zero-order valence-corrected chi connectivity index (χ0v) is 11.8. The molecule has 0 saturated carbocycles. The summed E-state index contributed by atoms with van der Waals surface area (Å²) in [6, 6.07) is 9.28. The summed E-state index contributed by atoms with van der Waals surface area (Å²) in [6.45, 7) is 4.28. The van der Waals surface area contributed by atoms with Crippen molar-refractivity contribution in [3.05, 3.63) is 57.0 Å². The molecular weight excluding hydrogens is 245 g/mol. The van der Waals surface area contributed by atoms with Gasteiger partial charge in [0.1, 0.15) is 5.82 Å². The molecule has 0 bridgehead atoms. The summed E-state index contributed by atoms with van der Waals surface area (Å²) in [5, 5.41) is 3.35. The highest BCUT2D eigenvalue weighted by molar-refractivity contribution is 7.12. The van der Waals surface area contributed by atoms with Crippen LogP contribution in [-0.4, -0.2) is 7.05 Å². The molecule has 0 aliphatic carbocycles. The van der Waals surface area contributed by atoms with Crippen LogP contribution in [0, 0.1) is 19.7 Å². The molecule has 0 aliphatic rings. The van der Waals surface area contributed by atoms with E-state index in [9.17, 15) is 4.39 Å². The van der Waals surface area contributed by atoms with E-state index in [1.807, 2.05) is 30.5 Å². The number of thiophene rings is 1. The molecule has 1 atom stereocenters. The van der Waals surface area contributed by atoms with Crippen molar-refractivity contribution in [3.8, 4) is 0 Å². The van der Waals surface area contributed by atoms with Gasteiger partial charge in [0.2, 0.25) is 0 Å². The lowest BCUT2D eigenvalue weighted by Gasteiger charge is -2.16. The summed E-state index contributed by atoms with van der Waals surface area (Å²) in [7, 11) is 1.97. The zero-order valence-electron chi connectivity index (χ0n) is 11.0.